The van der Waals surface area contributed by atoms with Gasteiger partial charge in [-0.05, 0) is 32.4 Å². The predicted molar refractivity (Wildman–Crippen MR) is 95.3 cm³/mol. The highest BCUT2D eigenvalue weighted by Crippen LogP contribution is 2.17. The van der Waals surface area contributed by atoms with Gasteiger partial charge in [0.05, 0.1) is 13.1 Å². The Balaban J connectivity index is 1.42. The zero-order chi connectivity index (χ0) is 18.4. The van der Waals surface area contributed by atoms with Crippen LogP contribution < -0.4 is 5.32 Å². The summed E-state index contributed by atoms with van der Waals surface area (Å²) in [6.45, 7) is 5.27. The number of carbonyl (C=O) groups is 1. The van der Waals surface area contributed by atoms with Crippen LogP contribution in [0.25, 0.3) is 0 Å². The van der Waals surface area contributed by atoms with E-state index in [1.54, 1.807) is 13.1 Å². The van der Waals surface area contributed by atoms with Gasteiger partial charge < -0.3 is 14.7 Å². The molecule has 0 aliphatic carbocycles. The quantitative estimate of drug-likeness (QED) is 0.833. The first kappa shape index (κ1) is 18.4. The Morgan fingerprint density at radius 2 is 2.31 bits per heavy atom. The molecule has 0 radical (unpaired) electrons. The lowest BCUT2D eigenvalue weighted by Crippen LogP contribution is -2.42. The molecule has 0 spiro atoms. The van der Waals surface area contributed by atoms with Crippen LogP contribution in [0.4, 0.5) is 4.79 Å². The highest BCUT2D eigenvalue weighted by atomic mass is 16.5. The minimum atomic E-state index is 0.00857. The van der Waals surface area contributed by atoms with Crippen LogP contribution >= 0.6 is 0 Å². The Bertz CT molecular complexity index is 685. The number of aromatic nitrogens is 4. The first-order chi connectivity index (χ1) is 12.6. The average molecular weight is 361 g/mol. The van der Waals surface area contributed by atoms with Crippen molar-refractivity contribution < 1.29 is 9.32 Å². The summed E-state index contributed by atoms with van der Waals surface area (Å²) >= 11 is 0. The van der Waals surface area contributed by atoms with Crippen molar-refractivity contribution in [3.8, 4) is 0 Å². The molecule has 1 atom stereocenters. The Hall–Kier alpha value is -2.42. The number of amides is 2. The molecule has 26 heavy (non-hydrogen) atoms. The minimum absolute atomic E-state index is 0.00857. The van der Waals surface area contributed by atoms with Crippen molar-refractivity contribution in [2.24, 2.45) is 0 Å². The van der Waals surface area contributed by atoms with Crippen molar-refractivity contribution in [2.45, 2.75) is 45.3 Å². The van der Waals surface area contributed by atoms with Gasteiger partial charge >= 0.3 is 6.03 Å². The van der Waals surface area contributed by atoms with E-state index < -0.39 is 0 Å². The number of hydrogen-bond donors (Lipinski definition) is 1. The summed E-state index contributed by atoms with van der Waals surface area (Å²) in [6.07, 6.45) is 6.63. The standard InChI is InChI=1S/C17H27N7O2/c1-14-20-16(21-26-14)13-22(2)15-5-3-9-23(11-6-15)17(25)18-8-12-24-10-4-7-19-24/h4,7,10,15H,3,5-6,8-9,11-13H2,1-2H3,(H,18,25). The van der Waals surface area contributed by atoms with Crippen molar-refractivity contribution in [2.75, 3.05) is 26.7 Å². The summed E-state index contributed by atoms with van der Waals surface area (Å²) in [7, 11) is 2.08. The molecule has 9 heteroatoms. The molecule has 2 aromatic rings. The second-order valence-corrected chi connectivity index (χ2v) is 6.72. The fourth-order valence-electron chi connectivity index (χ4n) is 3.30. The van der Waals surface area contributed by atoms with Gasteiger partial charge in [0.25, 0.3) is 0 Å². The lowest BCUT2D eigenvalue weighted by Gasteiger charge is -2.26. The molecular weight excluding hydrogens is 334 g/mol. The fraction of sp³-hybridized carbons (Fsp3) is 0.647. The van der Waals surface area contributed by atoms with Crippen molar-refractivity contribution >= 4 is 6.03 Å². The topological polar surface area (TPSA) is 92.3 Å². The summed E-state index contributed by atoms with van der Waals surface area (Å²) in [5.74, 6) is 1.30. The zero-order valence-corrected chi connectivity index (χ0v) is 15.5. The zero-order valence-electron chi connectivity index (χ0n) is 15.5. The molecule has 0 aromatic carbocycles. The lowest BCUT2D eigenvalue weighted by atomic mass is 10.1. The van der Waals surface area contributed by atoms with E-state index in [0.717, 1.165) is 32.4 Å². The molecule has 1 aliphatic heterocycles. The Labute approximate surface area is 153 Å². The minimum Gasteiger partial charge on any atom is -0.340 e. The van der Waals surface area contributed by atoms with E-state index in [4.69, 9.17) is 4.52 Å². The van der Waals surface area contributed by atoms with Crippen molar-refractivity contribution in [1.29, 1.82) is 0 Å². The van der Waals surface area contributed by atoms with E-state index in [0.29, 0.717) is 37.4 Å². The van der Waals surface area contributed by atoms with Gasteiger partial charge in [-0.1, -0.05) is 5.16 Å². The van der Waals surface area contributed by atoms with Crippen LogP contribution in [0.3, 0.4) is 0 Å². The SMILES string of the molecule is Cc1nc(CN(C)C2CCCN(C(=O)NCCn3cccn3)CC2)no1. The van der Waals surface area contributed by atoms with Gasteiger partial charge in [0.15, 0.2) is 5.82 Å². The molecule has 1 unspecified atom stereocenters. The van der Waals surface area contributed by atoms with Crippen LogP contribution in [0.1, 0.15) is 31.0 Å². The molecule has 1 saturated heterocycles. The first-order valence-corrected chi connectivity index (χ1v) is 9.11. The van der Waals surface area contributed by atoms with E-state index in [1.807, 2.05) is 21.8 Å². The molecule has 3 rings (SSSR count). The van der Waals surface area contributed by atoms with Gasteiger partial charge in [0.2, 0.25) is 5.89 Å². The maximum absolute atomic E-state index is 12.4. The number of nitrogens with zero attached hydrogens (tertiary/aromatic N) is 6. The summed E-state index contributed by atoms with van der Waals surface area (Å²) in [5.41, 5.74) is 0. The summed E-state index contributed by atoms with van der Waals surface area (Å²) in [4.78, 5) is 20.8. The van der Waals surface area contributed by atoms with Gasteiger partial charge in [-0.2, -0.15) is 10.1 Å². The number of rotatable bonds is 6. The number of nitrogens with one attached hydrogen (secondary N) is 1. The molecule has 1 aliphatic rings. The third-order valence-corrected chi connectivity index (χ3v) is 4.74. The van der Waals surface area contributed by atoms with Crippen molar-refractivity contribution in [3.63, 3.8) is 0 Å². The van der Waals surface area contributed by atoms with Crippen LogP contribution in [-0.4, -0.2) is 68.5 Å². The van der Waals surface area contributed by atoms with E-state index in [-0.39, 0.29) is 6.03 Å². The number of urea groups is 1. The monoisotopic (exact) mass is 361 g/mol. The molecule has 9 nitrogen and oxygen atoms in total. The van der Waals surface area contributed by atoms with Crippen LogP contribution in [0, 0.1) is 6.92 Å². The van der Waals surface area contributed by atoms with Gasteiger partial charge in [-0.25, -0.2) is 4.79 Å². The highest BCUT2D eigenvalue weighted by molar-refractivity contribution is 5.74. The Morgan fingerprint density at radius 1 is 1.42 bits per heavy atom. The smallest absolute Gasteiger partial charge is 0.317 e. The van der Waals surface area contributed by atoms with E-state index in [9.17, 15) is 4.79 Å². The van der Waals surface area contributed by atoms with Crippen LogP contribution in [0.2, 0.25) is 0 Å². The molecule has 2 amide bonds. The highest BCUT2D eigenvalue weighted by Gasteiger charge is 2.23. The number of likely N-dealkylation sites (tertiary alicyclic amines) is 1. The summed E-state index contributed by atoms with van der Waals surface area (Å²) in [5, 5.41) is 11.1. The molecular formula is C17H27N7O2. The molecule has 0 saturated carbocycles. The van der Waals surface area contributed by atoms with Gasteiger partial charge in [-0.3, -0.25) is 9.58 Å². The van der Waals surface area contributed by atoms with E-state index >= 15 is 0 Å². The maximum atomic E-state index is 12.4. The third kappa shape index (κ3) is 5.04. The largest absolute Gasteiger partial charge is 0.340 e. The number of carbonyl (C=O) groups excluding carboxylic acids is 1. The van der Waals surface area contributed by atoms with Gasteiger partial charge in [0, 0.05) is 45.0 Å². The molecule has 2 aromatic heterocycles. The molecule has 1 fully saturated rings. The van der Waals surface area contributed by atoms with E-state index in [2.05, 4.69) is 32.5 Å². The van der Waals surface area contributed by atoms with Gasteiger partial charge in [0.1, 0.15) is 0 Å². The normalized spacial score (nSPS) is 18.1. The van der Waals surface area contributed by atoms with Crippen LogP contribution in [0.5, 0.6) is 0 Å². The average Bonchev–Trinajstić information content (AvgIpc) is 3.20. The lowest BCUT2D eigenvalue weighted by molar-refractivity contribution is 0.189. The molecule has 0 bridgehead atoms. The molecule has 1 N–H and O–H groups in total. The maximum Gasteiger partial charge on any atom is 0.317 e. The van der Waals surface area contributed by atoms with Crippen LogP contribution in [-0.2, 0) is 13.1 Å². The number of hydrogen-bond acceptors (Lipinski definition) is 6. The van der Waals surface area contributed by atoms with Crippen molar-refractivity contribution in [3.05, 3.63) is 30.2 Å². The summed E-state index contributed by atoms with van der Waals surface area (Å²) < 4.78 is 6.85. The second kappa shape index (κ2) is 8.79. The first-order valence-electron chi connectivity index (χ1n) is 9.11. The van der Waals surface area contributed by atoms with Crippen molar-refractivity contribution in [1.82, 2.24) is 35.0 Å². The Morgan fingerprint density at radius 3 is 3.04 bits per heavy atom. The molecule has 3 heterocycles. The van der Waals surface area contributed by atoms with E-state index in [1.165, 1.54) is 0 Å². The van der Waals surface area contributed by atoms with Gasteiger partial charge in [-0.15, -0.1) is 0 Å². The number of aryl methyl sites for hydroxylation is 1. The molecule has 142 valence electrons. The Kier molecular flexibility index (Phi) is 6.21. The predicted octanol–water partition coefficient (Wildman–Crippen LogP) is 1.27. The summed E-state index contributed by atoms with van der Waals surface area (Å²) in [6, 6.07) is 2.30. The van der Waals surface area contributed by atoms with Crippen LogP contribution in [0.15, 0.2) is 23.0 Å². The third-order valence-electron chi connectivity index (χ3n) is 4.74. The fourth-order valence-corrected chi connectivity index (χ4v) is 3.30. The second-order valence-electron chi connectivity index (χ2n) is 6.72.